The van der Waals surface area contributed by atoms with E-state index in [-0.39, 0.29) is 30.8 Å². The molecule has 3 atom stereocenters. The van der Waals surface area contributed by atoms with Crippen LogP contribution in [0.15, 0.2) is 29.0 Å². The van der Waals surface area contributed by atoms with Crippen LogP contribution in [0.4, 0.5) is 0 Å². The second-order valence-electron chi connectivity index (χ2n) is 8.38. The van der Waals surface area contributed by atoms with Crippen molar-refractivity contribution >= 4 is 29.1 Å². The molecule has 0 N–H and O–H groups in total. The topological polar surface area (TPSA) is 91.4 Å². The summed E-state index contributed by atoms with van der Waals surface area (Å²) in [6.45, 7) is 5.81. The van der Waals surface area contributed by atoms with E-state index in [1.807, 2.05) is 20.8 Å². The molecule has 1 aromatic heterocycles. The van der Waals surface area contributed by atoms with Crippen LogP contribution in [0, 0.1) is 5.41 Å². The number of thiophene rings is 1. The highest BCUT2D eigenvalue weighted by atomic mass is 32.1. The lowest BCUT2D eigenvalue weighted by atomic mass is 9.89. The van der Waals surface area contributed by atoms with Crippen molar-refractivity contribution in [3.05, 3.63) is 33.8 Å². The van der Waals surface area contributed by atoms with E-state index in [0.717, 1.165) is 0 Å². The van der Waals surface area contributed by atoms with E-state index < -0.39 is 29.8 Å². The van der Waals surface area contributed by atoms with Gasteiger partial charge in [-0.05, 0) is 11.4 Å². The summed E-state index contributed by atoms with van der Waals surface area (Å²) in [4.78, 5) is 40.1. The van der Waals surface area contributed by atoms with Crippen molar-refractivity contribution in [1.29, 1.82) is 0 Å². The molecule has 1 fully saturated rings. The molecular weight excluding hydrogens is 398 g/mol. The number of carbonyl (C=O) groups excluding carboxylic acids is 3. The van der Waals surface area contributed by atoms with E-state index in [2.05, 4.69) is 0 Å². The maximum atomic E-state index is 13.3. The number of methoxy groups -OCH3 is 1. The van der Waals surface area contributed by atoms with Gasteiger partial charge in [-0.3, -0.25) is 9.69 Å². The molecule has 3 aliphatic rings. The molecule has 0 amide bonds. The van der Waals surface area contributed by atoms with Gasteiger partial charge in [0, 0.05) is 11.8 Å². The summed E-state index contributed by atoms with van der Waals surface area (Å²) in [6.07, 6.45) is -0.770. The van der Waals surface area contributed by atoms with Crippen LogP contribution in [0.2, 0.25) is 0 Å². The van der Waals surface area contributed by atoms with Gasteiger partial charge in [0.15, 0.2) is 5.88 Å². The van der Waals surface area contributed by atoms with Crippen LogP contribution in [-0.2, 0) is 28.5 Å². The third-order valence-corrected chi connectivity index (χ3v) is 6.17. The average Bonchev–Trinajstić information content (AvgIpc) is 3.43. The Morgan fingerprint density at radius 3 is 2.76 bits per heavy atom. The number of esters is 2. The van der Waals surface area contributed by atoms with Gasteiger partial charge in [0.1, 0.15) is 23.8 Å². The summed E-state index contributed by atoms with van der Waals surface area (Å²) >= 11 is 1.30. The fraction of sp³-hybridized carbons (Fsp3) is 0.550. The van der Waals surface area contributed by atoms with Crippen LogP contribution in [0.1, 0.15) is 36.9 Å². The lowest BCUT2D eigenvalue weighted by Gasteiger charge is -2.38. The molecule has 156 valence electrons. The first-order chi connectivity index (χ1) is 13.7. The average molecular weight is 421 g/mol. The summed E-state index contributed by atoms with van der Waals surface area (Å²) in [5, 5.41) is 1.80. The smallest absolute Gasteiger partial charge is 0.348 e. The first kappa shape index (κ1) is 19.9. The van der Waals surface area contributed by atoms with E-state index in [4.69, 9.17) is 18.9 Å². The minimum Gasteiger partial charge on any atom is -0.471 e. The van der Waals surface area contributed by atoms with E-state index in [9.17, 15) is 14.4 Å². The zero-order valence-corrected chi connectivity index (χ0v) is 17.5. The molecule has 0 aliphatic carbocycles. The van der Waals surface area contributed by atoms with Crippen molar-refractivity contribution in [2.75, 3.05) is 20.3 Å². The van der Waals surface area contributed by atoms with Crippen LogP contribution in [-0.4, -0.2) is 60.8 Å². The molecule has 1 unspecified atom stereocenters. The Labute approximate surface area is 172 Å². The van der Waals surface area contributed by atoms with Crippen molar-refractivity contribution in [3.63, 3.8) is 0 Å². The zero-order chi connectivity index (χ0) is 21.0. The Morgan fingerprint density at radius 1 is 1.38 bits per heavy atom. The Morgan fingerprint density at radius 2 is 2.14 bits per heavy atom. The highest BCUT2D eigenvalue weighted by molar-refractivity contribution is 7.11. The van der Waals surface area contributed by atoms with E-state index in [1.54, 1.807) is 22.4 Å². The molecule has 0 bridgehead atoms. The number of ketones is 1. The lowest BCUT2D eigenvalue weighted by molar-refractivity contribution is -0.158. The van der Waals surface area contributed by atoms with Gasteiger partial charge < -0.3 is 18.9 Å². The summed E-state index contributed by atoms with van der Waals surface area (Å²) < 4.78 is 22.2. The van der Waals surface area contributed by atoms with Gasteiger partial charge in [0.25, 0.3) is 0 Å². The second kappa shape index (κ2) is 6.84. The molecule has 0 saturated carbocycles. The van der Waals surface area contributed by atoms with Gasteiger partial charge >= 0.3 is 11.9 Å². The van der Waals surface area contributed by atoms with Gasteiger partial charge in [-0.15, -0.1) is 11.3 Å². The summed E-state index contributed by atoms with van der Waals surface area (Å²) in [5.74, 6) is -1.12. The number of carbonyl (C=O) groups is 3. The lowest BCUT2D eigenvalue weighted by Crippen LogP contribution is -2.58. The van der Waals surface area contributed by atoms with Gasteiger partial charge in [-0.1, -0.05) is 26.8 Å². The summed E-state index contributed by atoms with van der Waals surface area (Å²) in [7, 11) is 1.25. The number of nitrogens with zero attached hydrogens (tertiary/aromatic N) is 1. The monoisotopic (exact) mass is 421 g/mol. The summed E-state index contributed by atoms with van der Waals surface area (Å²) in [5.41, 5.74) is -1.51. The first-order valence-corrected chi connectivity index (χ1v) is 10.2. The van der Waals surface area contributed by atoms with Crippen molar-refractivity contribution < 1.29 is 33.3 Å². The molecule has 9 heteroatoms. The summed E-state index contributed by atoms with van der Waals surface area (Å²) in [6, 6.07) is 3.46. The molecule has 0 spiro atoms. The minimum atomic E-state index is -1.55. The van der Waals surface area contributed by atoms with Crippen molar-refractivity contribution in [2.24, 2.45) is 5.41 Å². The largest absolute Gasteiger partial charge is 0.471 e. The predicted molar refractivity (Wildman–Crippen MR) is 102 cm³/mol. The standard InChI is InChI=1S/C20H23NO7S/c1-19(2,3)17-21-15-12(14(22)20(21,10-27-17)18(24)25-4)8-11(28-15)9-26-16(23)13-6-5-7-29-13/h5-7,11,17H,8-10H2,1-4H3/t11?,17-,20-/m1/s1. The second-order valence-corrected chi connectivity index (χ2v) is 9.33. The van der Waals surface area contributed by atoms with Gasteiger partial charge in [0.05, 0.1) is 19.3 Å². The van der Waals surface area contributed by atoms with E-state index in [1.165, 1.54) is 18.4 Å². The van der Waals surface area contributed by atoms with Gasteiger partial charge in [-0.2, -0.15) is 0 Å². The highest BCUT2D eigenvalue weighted by Crippen LogP contribution is 2.50. The zero-order valence-electron chi connectivity index (χ0n) is 16.7. The Balaban J connectivity index is 1.54. The normalized spacial score (nSPS) is 28.3. The quantitative estimate of drug-likeness (QED) is 0.539. The number of rotatable bonds is 4. The Hall–Kier alpha value is -2.39. The molecule has 3 aliphatic heterocycles. The third kappa shape index (κ3) is 2.95. The van der Waals surface area contributed by atoms with E-state index >= 15 is 0 Å². The number of hydrogen-bond acceptors (Lipinski definition) is 9. The molecule has 29 heavy (non-hydrogen) atoms. The fourth-order valence-corrected chi connectivity index (χ4v) is 4.63. The number of Topliss-reactive ketones (excluding diaryl/α,β-unsaturated/α-hetero) is 1. The van der Waals surface area contributed by atoms with Crippen LogP contribution < -0.4 is 0 Å². The Bertz CT molecular complexity index is 885. The molecule has 0 aromatic carbocycles. The number of ether oxygens (including phenoxy) is 4. The maximum absolute atomic E-state index is 13.3. The Kier molecular flexibility index (Phi) is 4.70. The minimum absolute atomic E-state index is 0.0110. The molecule has 0 radical (unpaired) electrons. The molecular formula is C20H23NO7S. The SMILES string of the molecule is COC(=O)[C@]12CO[C@H](C(C)(C)C)N1C1=C(CC(COC(=O)c3cccs3)O1)C2=O. The van der Waals surface area contributed by atoms with Crippen LogP contribution in [0.5, 0.6) is 0 Å². The van der Waals surface area contributed by atoms with Crippen molar-refractivity contribution in [1.82, 2.24) is 4.90 Å². The molecule has 1 saturated heterocycles. The van der Waals surface area contributed by atoms with Crippen LogP contribution in [0.25, 0.3) is 0 Å². The maximum Gasteiger partial charge on any atom is 0.348 e. The molecule has 4 heterocycles. The number of fused-ring (bicyclic) bond motifs is 2. The molecule has 8 nitrogen and oxygen atoms in total. The third-order valence-electron chi connectivity index (χ3n) is 5.32. The van der Waals surface area contributed by atoms with E-state index in [0.29, 0.717) is 16.3 Å². The van der Waals surface area contributed by atoms with Crippen molar-refractivity contribution in [3.8, 4) is 0 Å². The van der Waals surface area contributed by atoms with Gasteiger partial charge in [0.2, 0.25) is 11.3 Å². The highest BCUT2D eigenvalue weighted by Gasteiger charge is 2.68. The van der Waals surface area contributed by atoms with Crippen molar-refractivity contribution in [2.45, 2.75) is 45.1 Å². The van der Waals surface area contributed by atoms with Crippen LogP contribution >= 0.6 is 11.3 Å². The predicted octanol–water partition coefficient (Wildman–Crippen LogP) is 2.10. The molecule has 4 rings (SSSR count). The van der Waals surface area contributed by atoms with Crippen LogP contribution in [0.3, 0.4) is 0 Å². The molecule has 1 aromatic rings. The number of hydrogen-bond donors (Lipinski definition) is 0. The fourth-order valence-electron chi connectivity index (χ4n) is 4.01. The first-order valence-electron chi connectivity index (χ1n) is 9.34. The van der Waals surface area contributed by atoms with Gasteiger partial charge in [-0.25, -0.2) is 9.59 Å².